The highest BCUT2D eigenvalue weighted by atomic mass is 16.6. The second-order valence-electron chi connectivity index (χ2n) is 6.25. The van der Waals surface area contributed by atoms with Crippen molar-refractivity contribution in [3.63, 3.8) is 0 Å². The summed E-state index contributed by atoms with van der Waals surface area (Å²) in [6.07, 6.45) is 3.29. The largest absolute Gasteiger partial charge is 0.444 e. The van der Waals surface area contributed by atoms with Gasteiger partial charge in [-0.25, -0.2) is 4.79 Å². The van der Waals surface area contributed by atoms with Crippen molar-refractivity contribution >= 4 is 6.09 Å². The highest BCUT2D eigenvalue weighted by Gasteiger charge is 2.36. The first-order chi connectivity index (χ1) is 7.76. The molecule has 1 amide bonds. The van der Waals surface area contributed by atoms with Gasteiger partial charge in [-0.2, -0.15) is 0 Å². The Morgan fingerprint density at radius 3 is 2.35 bits per heavy atom. The van der Waals surface area contributed by atoms with E-state index < -0.39 is 17.2 Å². The average Bonchev–Trinajstić information content (AvgIpc) is 2.19. The summed E-state index contributed by atoms with van der Waals surface area (Å²) in [5.74, 6) is 0.676. The lowest BCUT2D eigenvalue weighted by molar-refractivity contribution is 0.0319. The number of carbonyl (C=O) groups is 1. The van der Waals surface area contributed by atoms with Gasteiger partial charge in [-0.05, 0) is 52.4 Å². The Morgan fingerprint density at radius 1 is 1.41 bits per heavy atom. The Bertz CT molecular complexity index is 262. The Morgan fingerprint density at radius 2 is 1.94 bits per heavy atom. The minimum absolute atomic E-state index is 0.0149. The van der Waals surface area contributed by atoms with E-state index in [2.05, 4.69) is 12.2 Å². The van der Waals surface area contributed by atoms with Crippen molar-refractivity contribution in [1.82, 2.24) is 5.32 Å². The number of ether oxygens (including phenoxy) is 1. The topological polar surface area (TPSA) is 58.6 Å². The summed E-state index contributed by atoms with van der Waals surface area (Å²) in [6, 6.07) is 0. The van der Waals surface area contributed by atoms with Crippen molar-refractivity contribution in [1.29, 1.82) is 0 Å². The molecule has 0 bridgehead atoms. The van der Waals surface area contributed by atoms with Crippen LogP contribution in [0.1, 0.15) is 53.4 Å². The lowest BCUT2D eigenvalue weighted by Gasteiger charge is -2.38. The first-order valence-electron chi connectivity index (χ1n) is 6.38. The summed E-state index contributed by atoms with van der Waals surface area (Å²) in [5, 5.41) is 12.4. The van der Waals surface area contributed by atoms with E-state index in [0.717, 1.165) is 25.7 Å². The molecule has 2 N–H and O–H groups in total. The second-order valence-corrected chi connectivity index (χ2v) is 6.25. The number of aliphatic hydroxyl groups excluding tert-OH is 1. The van der Waals surface area contributed by atoms with Crippen LogP contribution in [0.15, 0.2) is 0 Å². The van der Waals surface area contributed by atoms with E-state index in [1.165, 1.54) is 0 Å². The van der Waals surface area contributed by atoms with Gasteiger partial charge in [0.2, 0.25) is 0 Å². The van der Waals surface area contributed by atoms with Crippen LogP contribution < -0.4 is 5.32 Å². The Kier molecular flexibility index (Phi) is 4.42. The first-order valence-corrected chi connectivity index (χ1v) is 6.38. The van der Waals surface area contributed by atoms with Gasteiger partial charge in [0.25, 0.3) is 0 Å². The van der Waals surface area contributed by atoms with E-state index >= 15 is 0 Å². The monoisotopic (exact) mass is 243 g/mol. The maximum Gasteiger partial charge on any atom is 0.408 e. The average molecular weight is 243 g/mol. The molecule has 1 saturated carbocycles. The van der Waals surface area contributed by atoms with Gasteiger partial charge in [0, 0.05) is 0 Å². The van der Waals surface area contributed by atoms with Crippen LogP contribution in [-0.2, 0) is 4.74 Å². The van der Waals surface area contributed by atoms with E-state index in [4.69, 9.17) is 4.74 Å². The second kappa shape index (κ2) is 5.25. The van der Waals surface area contributed by atoms with Gasteiger partial charge < -0.3 is 15.2 Å². The highest BCUT2D eigenvalue weighted by molar-refractivity contribution is 5.68. The van der Waals surface area contributed by atoms with Crippen LogP contribution in [0.4, 0.5) is 4.79 Å². The molecule has 1 fully saturated rings. The fourth-order valence-electron chi connectivity index (χ4n) is 2.16. The molecule has 1 rings (SSSR count). The van der Waals surface area contributed by atoms with Gasteiger partial charge in [0.05, 0.1) is 12.1 Å². The fourth-order valence-corrected chi connectivity index (χ4v) is 2.16. The van der Waals surface area contributed by atoms with Crippen LogP contribution in [0.3, 0.4) is 0 Å². The SMILES string of the molecule is CC1CCC(CO)(NC(=O)OC(C)(C)C)CC1. The fraction of sp³-hybridized carbons (Fsp3) is 0.923. The molecule has 0 aromatic rings. The molecule has 0 unspecified atom stereocenters. The summed E-state index contributed by atoms with van der Waals surface area (Å²) < 4.78 is 5.23. The standard InChI is InChI=1S/C13H25NO3/c1-10-5-7-13(9-15,8-6-10)14-11(16)17-12(2,3)4/h10,15H,5-9H2,1-4H3,(H,14,16). The van der Waals surface area contributed by atoms with E-state index in [1.54, 1.807) is 0 Å². The van der Waals surface area contributed by atoms with Crippen LogP contribution in [0.25, 0.3) is 0 Å². The highest BCUT2D eigenvalue weighted by Crippen LogP contribution is 2.31. The summed E-state index contributed by atoms with van der Waals surface area (Å²) in [6.45, 7) is 7.69. The number of carbonyl (C=O) groups excluding carboxylic acids is 1. The quantitative estimate of drug-likeness (QED) is 0.783. The molecule has 0 saturated heterocycles. The summed E-state index contributed by atoms with van der Waals surface area (Å²) in [5.41, 5.74) is -0.975. The predicted molar refractivity (Wildman–Crippen MR) is 66.8 cm³/mol. The Hall–Kier alpha value is -0.770. The van der Waals surface area contributed by atoms with Gasteiger partial charge in [0.15, 0.2) is 0 Å². The molecule has 0 heterocycles. The molecule has 1 aliphatic rings. The van der Waals surface area contributed by atoms with Gasteiger partial charge in [-0.15, -0.1) is 0 Å². The number of aliphatic hydroxyl groups is 1. The van der Waals surface area contributed by atoms with Crippen molar-refractivity contribution in [3.05, 3.63) is 0 Å². The zero-order valence-corrected chi connectivity index (χ0v) is 11.4. The summed E-state index contributed by atoms with van der Waals surface area (Å²) >= 11 is 0. The number of alkyl carbamates (subject to hydrolysis) is 1. The smallest absolute Gasteiger partial charge is 0.408 e. The van der Waals surface area contributed by atoms with E-state index in [9.17, 15) is 9.90 Å². The normalized spacial score (nSPS) is 29.8. The van der Waals surface area contributed by atoms with Gasteiger partial charge in [-0.1, -0.05) is 6.92 Å². The van der Waals surface area contributed by atoms with Crippen LogP contribution in [0.5, 0.6) is 0 Å². The van der Waals surface area contributed by atoms with E-state index in [0.29, 0.717) is 5.92 Å². The minimum Gasteiger partial charge on any atom is -0.444 e. The number of rotatable bonds is 2. The van der Waals surface area contributed by atoms with Gasteiger partial charge >= 0.3 is 6.09 Å². The molecule has 0 radical (unpaired) electrons. The van der Waals surface area contributed by atoms with E-state index in [1.807, 2.05) is 20.8 Å². The van der Waals surface area contributed by atoms with Crippen LogP contribution in [0, 0.1) is 5.92 Å². The van der Waals surface area contributed by atoms with Crippen molar-refractivity contribution in [3.8, 4) is 0 Å². The summed E-state index contributed by atoms with van der Waals surface area (Å²) in [4.78, 5) is 11.7. The molecule has 1 aliphatic carbocycles. The molecule has 0 aliphatic heterocycles. The molecule has 0 aromatic heterocycles. The van der Waals surface area contributed by atoms with Crippen LogP contribution >= 0.6 is 0 Å². The summed E-state index contributed by atoms with van der Waals surface area (Å²) in [7, 11) is 0. The lowest BCUT2D eigenvalue weighted by Crippen LogP contribution is -2.54. The molecule has 0 aromatic carbocycles. The number of nitrogens with one attached hydrogen (secondary N) is 1. The minimum atomic E-state index is -0.497. The predicted octanol–water partition coefficient (Wildman–Crippen LogP) is 2.45. The van der Waals surface area contributed by atoms with Crippen molar-refractivity contribution < 1.29 is 14.6 Å². The maximum atomic E-state index is 11.7. The third kappa shape index (κ3) is 4.54. The third-order valence-electron chi connectivity index (χ3n) is 3.30. The Balaban J connectivity index is 2.54. The van der Waals surface area contributed by atoms with Gasteiger partial charge in [-0.3, -0.25) is 0 Å². The molecule has 4 heteroatoms. The molecular weight excluding hydrogens is 218 g/mol. The number of amides is 1. The van der Waals surface area contributed by atoms with Crippen molar-refractivity contribution in [2.24, 2.45) is 5.92 Å². The molecular formula is C13H25NO3. The number of hydrogen-bond donors (Lipinski definition) is 2. The molecule has 17 heavy (non-hydrogen) atoms. The third-order valence-corrected chi connectivity index (χ3v) is 3.30. The van der Waals surface area contributed by atoms with Gasteiger partial charge in [0.1, 0.15) is 5.60 Å². The Labute approximate surface area is 104 Å². The zero-order valence-electron chi connectivity index (χ0n) is 11.4. The van der Waals surface area contributed by atoms with Crippen LogP contribution in [0.2, 0.25) is 0 Å². The molecule has 100 valence electrons. The molecule has 4 nitrogen and oxygen atoms in total. The van der Waals surface area contributed by atoms with E-state index in [-0.39, 0.29) is 6.61 Å². The van der Waals surface area contributed by atoms with Crippen molar-refractivity contribution in [2.45, 2.75) is 64.5 Å². The maximum absolute atomic E-state index is 11.7. The first kappa shape index (κ1) is 14.3. The van der Waals surface area contributed by atoms with Crippen molar-refractivity contribution in [2.75, 3.05) is 6.61 Å². The molecule has 0 spiro atoms. The van der Waals surface area contributed by atoms with Crippen LogP contribution in [-0.4, -0.2) is 28.9 Å². The lowest BCUT2D eigenvalue weighted by atomic mass is 9.77. The zero-order chi connectivity index (χ0) is 13.1. The molecule has 0 atom stereocenters. The number of hydrogen-bond acceptors (Lipinski definition) is 3.